The Morgan fingerprint density at radius 2 is 2.13 bits per heavy atom. The molecule has 3 nitrogen and oxygen atoms in total. The SMILES string of the molecule is N#CCCN1CCC[C@](O)(C(F)(F)F)C1. The van der Waals surface area contributed by atoms with Gasteiger partial charge in [-0.2, -0.15) is 18.4 Å². The quantitative estimate of drug-likeness (QED) is 0.765. The fourth-order valence-electron chi connectivity index (χ4n) is 1.75. The van der Waals surface area contributed by atoms with Crippen molar-refractivity contribution in [2.45, 2.75) is 31.0 Å². The van der Waals surface area contributed by atoms with Crippen LogP contribution in [0.3, 0.4) is 0 Å². The number of halogens is 3. The van der Waals surface area contributed by atoms with Crippen molar-refractivity contribution < 1.29 is 18.3 Å². The molecule has 0 saturated carbocycles. The fraction of sp³-hybridized carbons (Fsp3) is 0.889. The molecule has 1 N–H and O–H groups in total. The summed E-state index contributed by atoms with van der Waals surface area (Å²) in [5.41, 5.74) is -2.60. The zero-order valence-electron chi connectivity index (χ0n) is 8.22. The number of hydrogen-bond donors (Lipinski definition) is 1. The summed E-state index contributed by atoms with van der Waals surface area (Å²) in [7, 11) is 0. The lowest BCUT2D eigenvalue weighted by Crippen LogP contribution is -2.57. The summed E-state index contributed by atoms with van der Waals surface area (Å²) < 4.78 is 37.4. The fourth-order valence-corrected chi connectivity index (χ4v) is 1.75. The van der Waals surface area contributed by atoms with E-state index in [-0.39, 0.29) is 19.4 Å². The van der Waals surface area contributed by atoms with Gasteiger partial charge in [0.05, 0.1) is 6.07 Å². The van der Waals surface area contributed by atoms with E-state index in [4.69, 9.17) is 5.26 Å². The lowest BCUT2D eigenvalue weighted by Gasteiger charge is -2.39. The van der Waals surface area contributed by atoms with E-state index in [1.54, 1.807) is 0 Å². The molecule has 0 aromatic carbocycles. The number of nitrogens with zero attached hydrogens (tertiary/aromatic N) is 2. The molecule has 6 heteroatoms. The molecule has 1 saturated heterocycles. The molecule has 0 aliphatic carbocycles. The van der Waals surface area contributed by atoms with Crippen molar-refractivity contribution in [1.29, 1.82) is 5.26 Å². The van der Waals surface area contributed by atoms with Gasteiger partial charge >= 0.3 is 6.18 Å². The predicted molar refractivity (Wildman–Crippen MR) is 46.9 cm³/mol. The second kappa shape index (κ2) is 4.37. The average Bonchev–Trinajstić information content (AvgIpc) is 2.13. The molecule has 0 aromatic heterocycles. The summed E-state index contributed by atoms with van der Waals surface area (Å²) in [5.74, 6) is 0. The van der Waals surface area contributed by atoms with Crippen LogP contribution in [0.1, 0.15) is 19.3 Å². The Morgan fingerprint density at radius 1 is 1.47 bits per heavy atom. The van der Waals surface area contributed by atoms with Crippen molar-refractivity contribution in [3.8, 4) is 6.07 Å². The van der Waals surface area contributed by atoms with Crippen LogP contribution in [-0.2, 0) is 0 Å². The summed E-state index contributed by atoms with van der Waals surface area (Å²) in [5, 5.41) is 17.8. The van der Waals surface area contributed by atoms with Crippen LogP contribution in [0.15, 0.2) is 0 Å². The third kappa shape index (κ3) is 2.83. The molecule has 1 fully saturated rings. The second-order valence-corrected chi connectivity index (χ2v) is 3.82. The minimum Gasteiger partial charge on any atom is -0.379 e. The topological polar surface area (TPSA) is 47.3 Å². The Kier molecular flexibility index (Phi) is 3.58. The number of aliphatic hydroxyl groups is 1. The van der Waals surface area contributed by atoms with Gasteiger partial charge in [0.15, 0.2) is 5.60 Å². The van der Waals surface area contributed by atoms with Crippen LogP contribution >= 0.6 is 0 Å². The number of rotatable bonds is 2. The zero-order chi connectivity index (χ0) is 11.5. The third-order valence-electron chi connectivity index (χ3n) is 2.62. The first kappa shape index (κ1) is 12.3. The molecular weight excluding hydrogens is 209 g/mol. The van der Waals surface area contributed by atoms with Crippen molar-refractivity contribution in [2.24, 2.45) is 0 Å². The van der Waals surface area contributed by atoms with E-state index in [0.29, 0.717) is 13.0 Å². The van der Waals surface area contributed by atoms with Gasteiger partial charge in [-0.3, -0.25) is 4.90 Å². The van der Waals surface area contributed by atoms with Gasteiger partial charge in [0.25, 0.3) is 0 Å². The van der Waals surface area contributed by atoms with Crippen molar-refractivity contribution in [3.05, 3.63) is 0 Å². The maximum atomic E-state index is 12.5. The molecule has 1 aliphatic heterocycles. The van der Waals surface area contributed by atoms with Crippen molar-refractivity contribution in [1.82, 2.24) is 4.90 Å². The Hall–Kier alpha value is -0.800. The first-order valence-corrected chi connectivity index (χ1v) is 4.77. The highest BCUT2D eigenvalue weighted by Gasteiger charge is 2.55. The van der Waals surface area contributed by atoms with E-state index < -0.39 is 18.3 Å². The summed E-state index contributed by atoms with van der Waals surface area (Å²) in [4.78, 5) is 1.49. The highest BCUT2D eigenvalue weighted by Crippen LogP contribution is 2.37. The molecule has 86 valence electrons. The average molecular weight is 222 g/mol. The van der Waals surface area contributed by atoms with E-state index in [1.165, 1.54) is 4.90 Å². The van der Waals surface area contributed by atoms with Crippen LogP contribution in [-0.4, -0.2) is 41.4 Å². The van der Waals surface area contributed by atoms with E-state index >= 15 is 0 Å². The molecule has 0 bridgehead atoms. The maximum Gasteiger partial charge on any atom is 0.418 e. The van der Waals surface area contributed by atoms with Crippen LogP contribution < -0.4 is 0 Å². The molecule has 0 amide bonds. The van der Waals surface area contributed by atoms with Crippen LogP contribution in [0.4, 0.5) is 13.2 Å². The number of likely N-dealkylation sites (tertiary alicyclic amines) is 1. The number of hydrogen-bond acceptors (Lipinski definition) is 3. The first-order valence-electron chi connectivity index (χ1n) is 4.77. The summed E-state index contributed by atoms with van der Waals surface area (Å²) in [6.07, 6.45) is -4.34. The standard InChI is InChI=1S/C9H13F3N2O/c10-9(11,12)8(15)3-1-5-14(7-8)6-2-4-13/h15H,1-3,5-7H2/t8-/m1/s1. The number of β-amino-alcohol motifs (C(OH)–C–C–N with tert-alkyl or cyclic N) is 1. The summed E-state index contributed by atoms with van der Waals surface area (Å²) in [6.45, 7) is 0.382. The molecule has 0 spiro atoms. The van der Waals surface area contributed by atoms with E-state index in [0.717, 1.165) is 0 Å². The van der Waals surface area contributed by atoms with Gasteiger partial charge in [0.2, 0.25) is 0 Å². The Labute approximate surface area is 86.1 Å². The molecule has 1 aliphatic rings. The highest BCUT2D eigenvalue weighted by atomic mass is 19.4. The van der Waals surface area contributed by atoms with Crippen LogP contribution in [0.25, 0.3) is 0 Å². The molecule has 15 heavy (non-hydrogen) atoms. The van der Waals surface area contributed by atoms with Gasteiger partial charge in [0.1, 0.15) is 0 Å². The molecule has 0 radical (unpaired) electrons. The largest absolute Gasteiger partial charge is 0.418 e. The highest BCUT2D eigenvalue weighted by molar-refractivity contribution is 4.93. The lowest BCUT2D eigenvalue weighted by molar-refractivity contribution is -0.273. The van der Waals surface area contributed by atoms with Crippen molar-refractivity contribution >= 4 is 0 Å². The van der Waals surface area contributed by atoms with Crippen LogP contribution in [0.5, 0.6) is 0 Å². The van der Waals surface area contributed by atoms with Gasteiger partial charge in [-0.15, -0.1) is 0 Å². The number of piperidine rings is 1. The molecule has 0 aromatic rings. The van der Waals surface area contributed by atoms with Gasteiger partial charge in [-0.05, 0) is 19.4 Å². The monoisotopic (exact) mass is 222 g/mol. The summed E-state index contributed by atoms with van der Waals surface area (Å²) in [6, 6.07) is 1.88. The first-order chi connectivity index (χ1) is 6.89. The van der Waals surface area contributed by atoms with E-state index in [1.807, 2.05) is 6.07 Å². The van der Waals surface area contributed by atoms with Gasteiger partial charge in [-0.1, -0.05) is 0 Å². The number of alkyl halides is 3. The lowest BCUT2D eigenvalue weighted by atomic mass is 9.92. The van der Waals surface area contributed by atoms with Crippen molar-refractivity contribution in [2.75, 3.05) is 19.6 Å². The molecule has 1 heterocycles. The van der Waals surface area contributed by atoms with Gasteiger partial charge < -0.3 is 5.11 Å². The second-order valence-electron chi connectivity index (χ2n) is 3.82. The molecule has 0 unspecified atom stereocenters. The number of nitriles is 1. The Bertz CT molecular complexity index is 261. The Morgan fingerprint density at radius 3 is 2.67 bits per heavy atom. The normalized spacial score (nSPS) is 28.7. The van der Waals surface area contributed by atoms with Crippen molar-refractivity contribution in [3.63, 3.8) is 0 Å². The molecular formula is C9H13F3N2O. The third-order valence-corrected chi connectivity index (χ3v) is 2.62. The smallest absolute Gasteiger partial charge is 0.379 e. The Balaban J connectivity index is 2.59. The van der Waals surface area contributed by atoms with E-state index in [9.17, 15) is 18.3 Å². The predicted octanol–water partition coefficient (Wildman–Crippen LogP) is 1.29. The maximum absolute atomic E-state index is 12.5. The molecule has 1 atom stereocenters. The van der Waals surface area contributed by atoms with Gasteiger partial charge in [-0.25, -0.2) is 0 Å². The van der Waals surface area contributed by atoms with Gasteiger partial charge in [0, 0.05) is 19.5 Å². The van der Waals surface area contributed by atoms with Crippen LogP contribution in [0, 0.1) is 11.3 Å². The molecule has 1 rings (SSSR count). The zero-order valence-corrected chi connectivity index (χ0v) is 8.22. The minimum absolute atomic E-state index is 0.188. The van der Waals surface area contributed by atoms with E-state index in [2.05, 4.69) is 0 Å². The van der Waals surface area contributed by atoms with Crippen LogP contribution in [0.2, 0.25) is 0 Å². The summed E-state index contributed by atoms with van der Waals surface area (Å²) >= 11 is 0. The minimum atomic E-state index is -4.59.